The number of carbonyl (C=O) groups is 2. The predicted molar refractivity (Wildman–Crippen MR) is 100 cm³/mol. The van der Waals surface area contributed by atoms with Crippen LogP contribution >= 0.6 is 11.8 Å². The quantitative estimate of drug-likeness (QED) is 0.765. The fourth-order valence-electron chi connectivity index (χ4n) is 2.30. The molecule has 24 heavy (non-hydrogen) atoms. The number of amides is 2. The zero-order chi connectivity index (χ0) is 18.4. The fourth-order valence-corrected chi connectivity index (χ4v) is 2.99. The number of carbonyl (C=O) groups excluding carboxylic acids is 2. The van der Waals surface area contributed by atoms with Crippen molar-refractivity contribution in [3.05, 3.63) is 28.8 Å². The van der Waals surface area contributed by atoms with Crippen LogP contribution in [-0.2, 0) is 0 Å². The molecule has 0 radical (unpaired) electrons. The summed E-state index contributed by atoms with van der Waals surface area (Å²) in [5.74, 6) is 1.05. The molecule has 0 saturated heterocycles. The lowest BCUT2D eigenvalue weighted by molar-refractivity contribution is 0.0747. The molecule has 1 aromatic carbocycles. The van der Waals surface area contributed by atoms with Crippen LogP contribution < -0.4 is 10.1 Å². The van der Waals surface area contributed by atoms with Gasteiger partial charge in [-0.3, -0.25) is 9.59 Å². The van der Waals surface area contributed by atoms with Gasteiger partial charge in [-0.15, -0.1) is 11.8 Å². The molecule has 0 spiro atoms. The first-order valence-corrected chi connectivity index (χ1v) is 9.16. The molecule has 134 valence electrons. The number of aryl methyl sites for hydroxylation is 1. The second-order valence-electron chi connectivity index (χ2n) is 5.95. The molecule has 1 aromatic rings. The lowest BCUT2D eigenvalue weighted by Gasteiger charge is -2.24. The molecule has 0 aromatic heterocycles. The monoisotopic (exact) mass is 352 g/mol. The van der Waals surface area contributed by atoms with Crippen molar-refractivity contribution in [2.24, 2.45) is 0 Å². The SMILES string of the molecule is CCS[C@H](C)NC(=O)c1cc(OC)cc(C)c1C(=O)N(C)C(C)C. The predicted octanol–water partition coefficient (Wildman–Crippen LogP) is 3.31. The molecule has 1 rings (SSSR count). The van der Waals surface area contributed by atoms with Crippen molar-refractivity contribution >= 4 is 23.6 Å². The average molecular weight is 353 g/mol. The molecule has 6 heteroatoms. The van der Waals surface area contributed by atoms with Gasteiger partial charge in [0.1, 0.15) is 5.75 Å². The molecule has 0 unspecified atom stereocenters. The third-order valence-electron chi connectivity index (χ3n) is 3.85. The van der Waals surface area contributed by atoms with E-state index in [0.717, 1.165) is 11.3 Å². The Morgan fingerprint density at radius 2 is 1.92 bits per heavy atom. The van der Waals surface area contributed by atoms with E-state index in [1.807, 2.05) is 34.6 Å². The zero-order valence-corrected chi connectivity index (χ0v) is 16.4. The Kier molecular flexibility index (Phi) is 7.60. The van der Waals surface area contributed by atoms with Crippen LogP contribution in [0.1, 0.15) is 54.0 Å². The maximum atomic E-state index is 12.8. The molecular weight excluding hydrogens is 324 g/mol. The average Bonchev–Trinajstić information content (AvgIpc) is 2.52. The molecule has 5 nitrogen and oxygen atoms in total. The Labute approximate surface area is 149 Å². The van der Waals surface area contributed by atoms with Crippen molar-refractivity contribution in [1.29, 1.82) is 0 Å². The highest BCUT2D eigenvalue weighted by Crippen LogP contribution is 2.24. The van der Waals surface area contributed by atoms with E-state index in [0.29, 0.717) is 16.9 Å². The molecule has 0 fully saturated rings. The highest BCUT2D eigenvalue weighted by Gasteiger charge is 2.25. The number of rotatable bonds is 7. The van der Waals surface area contributed by atoms with E-state index in [9.17, 15) is 9.59 Å². The molecule has 0 saturated carbocycles. The lowest BCUT2D eigenvalue weighted by atomic mass is 9.99. The van der Waals surface area contributed by atoms with Crippen molar-refractivity contribution in [2.45, 2.75) is 46.0 Å². The minimum Gasteiger partial charge on any atom is -0.497 e. The first-order valence-electron chi connectivity index (χ1n) is 8.11. The highest BCUT2D eigenvalue weighted by atomic mass is 32.2. The van der Waals surface area contributed by atoms with Gasteiger partial charge in [0.25, 0.3) is 11.8 Å². The summed E-state index contributed by atoms with van der Waals surface area (Å²) in [7, 11) is 3.29. The summed E-state index contributed by atoms with van der Waals surface area (Å²) < 4.78 is 5.27. The van der Waals surface area contributed by atoms with E-state index in [-0.39, 0.29) is 23.2 Å². The molecule has 0 heterocycles. The van der Waals surface area contributed by atoms with Crippen molar-refractivity contribution < 1.29 is 14.3 Å². The summed E-state index contributed by atoms with van der Waals surface area (Å²) in [5.41, 5.74) is 1.51. The molecule has 0 bridgehead atoms. The van der Waals surface area contributed by atoms with Crippen molar-refractivity contribution in [3.8, 4) is 5.75 Å². The topological polar surface area (TPSA) is 58.6 Å². The molecule has 0 aliphatic rings. The Bertz CT molecular complexity index is 602. The third-order valence-corrected chi connectivity index (χ3v) is 4.80. The Hall–Kier alpha value is -1.69. The second-order valence-corrected chi connectivity index (χ2v) is 7.57. The first-order chi connectivity index (χ1) is 11.2. The van der Waals surface area contributed by atoms with Crippen LogP contribution in [0.25, 0.3) is 0 Å². The van der Waals surface area contributed by atoms with Crippen LogP contribution in [0.5, 0.6) is 5.75 Å². The van der Waals surface area contributed by atoms with Gasteiger partial charge >= 0.3 is 0 Å². The normalized spacial score (nSPS) is 12.0. The van der Waals surface area contributed by atoms with Crippen LogP contribution in [0.15, 0.2) is 12.1 Å². The summed E-state index contributed by atoms with van der Waals surface area (Å²) in [6.07, 6.45) is 0. The molecule has 2 amide bonds. The third kappa shape index (κ3) is 4.90. The largest absolute Gasteiger partial charge is 0.497 e. The van der Waals surface area contributed by atoms with E-state index >= 15 is 0 Å². The van der Waals surface area contributed by atoms with E-state index < -0.39 is 0 Å². The number of hydrogen-bond donors (Lipinski definition) is 1. The first kappa shape index (κ1) is 20.4. The Balaban J connectivity index is 3.32. The number of benzene rings is 1. The van der Waals surface area contributed by atoms with Gasteiger partial charge in [0.2, 0.25) is 0 Å². The molecule has 0 aliphatic carbocycles. The number of nitrogens with one attached hydrogen (secondary N) is 1. The van der Waals surface area contributed by atoms with Crippen molar-refractivity contribution in [1.82, 2.24) is 10.2 Å². The lowest BCUT2D eigenvalue weighted by Crippen LogP contribution is -2.37. The van der Waals surface area contributed by atoms with Crippen LogP contribution in [0.2, 0.25) is 0 Å². The minimum absolute atomic E-state index is 0.0280. The maximum absolute atomic E-state index is 12.8. The summed E-state index contributed by atoms with van der Waals surface area (Å²) in [5, 5.41) is 2.91. The standard InChI is InChI=1S/C18H28N2O3S/c1-8-24-13(5)19-17(21)15-10-14(23-7)9-12(4)16(15)18(22)20(6)11(2)3/h9-11,13H,8H2,1-7H3,(H,19,21)/t13-/m1/s1. The summed E-state index contributed by atoms with van der Waals surface area (Å²) in [4.78, 5) is 27.2. The Morgan fingerprint density at radius 3 is 2.42 bits per heavy atom. The minimum atomic E-state index is -0.258. The molecule has 1 N–H and O–H groups in total. The van der Waals surface area contributed by atoms with Gasteiger partial charge in [-0.1, -0.05) is 6.92 Å². The van der Waals surface area contributed by atoms with Crippen LogP contribution in [-0.4, -0.2) is 48.0 Å². The van der Waals surface area contributed by atoms with Gasteiger partial charge in [0, 0.05) is 13.1 Å². The van der Waals surface area contributed by atoms with Crippen LogP contribution in [0.3, 0.4) is 0 Å². The number of hydrogen-bond acceptors (Lipinski definition) is 4. The molecular formula is C18H28N2O3S. The highest BCUT2D eigenvalue weighted by molar-refractivity contribution is 7.99. The second kappa shape index (κ2) is 8.97. The van der Waals surface area contributed by atoms with Gasteiger partial charge in [-0.25, -0.2) is 0 Å². The summed E-state index contributed by atoms with van der Waals surface area (Å²) in [6.45, 7) is 9.67. The summed E-state index contributed by atoms with van der Waals surface area (Å²) >= 11 is 1.64. The Morgan fingerprint density at radius 1 is 1.29 bits per heavy atom. The van der Waals surface area contributed by atoms with Gasteiger partial charge in [-0.05, 0) is 51.1 Å². The van der Waals surface area contributed by atoms with Crippen LogP contribution in [0.4, 0.5) is 0 Å². The van der Waals surface area contributed by atoms with E-state index in [4.69, 9.17) is 4.74 Å². The summed E-state index contributed by atoms with van der Waals surface area (Å²) in [6, 6.07) is 3.46. The smallest absolute Gasteiger partial charge is 0.254 e. The molecule has 1 atom stereocenters. The van der Waals surface area contributed by atoms with Gasteiger partial charge in [0.05, 0.1) is 23.6 Å². The number of methoxy groups -OCH3 is 1. The van der Waals surface area contributed by atoms with E-state index in [2.05, 4.69) is 5.32 Å². The zero-order valence-electron chi connectivity index (χ0n) is 15.6. The number of ether oxygens (including phenoxy) is 1. The van der Waals surface area contributed by atoms with Crippen molar-refractivity contribution in [2.75, 3.05) is 19.9 Å². The van der Waals surface area contributed by atoms with Crippen molar-refractivity contribution in [3.63, 3.8) is 0 Å². The maximum Gasteiger partial charge on any atom is 0.254 e. The molecule has 0 aliphatic heterocycles. The van der Waals surface area contributed by atoms with Gasteiger partial charge in [-0.2, -0.15) is 0 Å². The fraction of sp³-hybridized carbons (Fsp3) is 0.556. The number of nitrogens with zero attached hydrogens (tertiary/aromatic N) is 1. The van der Waals surface area contributed by atoms with Crippen LogP contribution in [0, 0.1) is 6.92 Å². The van der Waals surface area contributed by atoms with E-state index in [1.54, 1.807) is 43.0 Å². The van der Waals surface area contributed by atoms with E-state index in [1.165, 1.54) is 0 Å². The van der Waals surface area contributed by atoms with Gasteiger partial charge < -0.3 is 15.0 Å². The number of thioether (sulfide) groups is 1. The van der Waals surface area contributed by atoms with Gasteiger partial charge in [0.15, 0.2) is 0 Å².